The second kappa shape index (κ2) is 7.66. The summed E-state index contributed by atoms with van der Waals surface area (Å²) < 4.78 is 0. The number of amides is 2. The van der Waals surface area contributed by atoms with Gasteiger partial charge in [0.05, 0.1) is 6.42 Å². The number of carboxylic acids is 1. The van der Waals surface area contributed by atoms with Gasteiger partial charge in [-0.2, -0.15) is 0 Å². The first-order valence-electron chi connectivity index (χ1n) is 5.74. The summed E-state index contributed by atoms with van der Waals surface area (Å²) in [5.41, 5.74) is 5.41. The number of aliphatic carboxylic acids is 1. The molecule has 0 fully saturated rings. The van der Waals surface area contributed by atoms with Crippen molar-refractivity contribution in [1.82, 2.24) is 5.32 Å². The third-order valence-corrected chi connectivity index (χ3v) is 2.97. The zero-order valence-electron chi connectivity index (χ0n) is 10.7. The molecule has 21 heavy (non-hydrogen) atoms. The highest BCUT2D eigenvalue weighted by Crippen LogP contribution is 2.21. The maximum absolute atomic E-state index is 11.6. The molecule has 0 aliphatic heterocycles. The van der Waals surface area contributed by atoms with E-state index in [1.165, 1.54) is 6.08 Å². The number of hydrogen-bond donors (Lipinski definition) is 3. The quantitative estimate of drug-likeness (QED) is 0.685. The number of primary amides is 1. The van der Waals surface area contributed by atoms with Gasteiger partial charge in [-0.05, 0) is 29.8 Å². The molecule has 0 heterocycles. The van der Waals surface area contributed by atoms with Crippen LogP contribution in [0.5, 0.6) is 0 Å². The average Bonchev–Trinajstić information content (AvgIpc) is 2.38. The van der Waals surface area contributed by atoms with Crippen LogP contribution in [0.3, 0.4) is 0 Å². The number of carbonyl (C=O) groups is 3. The SMILES string of the molecule is NC(=O)CC(NC(=O)/C=C/c1cc(Cl)ccc1Cl)C(=O)O. The van der Waals surface area contributed by atoms with Gasteiger partial charge in [0.25, 0.3) is 0 Å². The Hall–Kier alpha value is -2.05. The first-order chi connectivity index (χ1) is 9.79. The van der Waals surface area contributed by atoms with Gasteiger partial charge >= 0.3 is 5.97 Å². The first-order valence-corrected chi connectivity index (χ1v) is 6.50. The van der Waals surface area contributed by atoms with Crippen LogP contribution in [0.4, 0.5) is 0 Å². The molecule has 1 aromatic rings. The van der Waals surface area contributed by atoms with Crippen LogP contribution in [-0.2, 0) is 14.4 Å². The van der Waals surface area contributed by atoms with E-state index in [4.69, 9.17) is 34.0 Å². The zero-order chi connectivity index (χ0) is 16.0. The Labute approximate surface area is 130 Å². The number of carboxylic acid groups (broad SMARTS) is 1. The monoisotopic (exact) mass is 330 g/mol. The molecule has 0 aliphatic carbocycles. The molecule has 1 unspecified atom stereocenters. The van der Waals surface area contributed by atoms with Crippen molar-refractivity contribution in [3.05, 3.63) is 39.9 Å². The van der Waals surface area contributed by atoms with Crippen LogP contribution in [-0.4, -0.2) is 28.9 Å². The minimum absolute atomic E-state index is 0.385. The molecule has 0 radical (unpaired) electrons. The molecule has 0 bridgehead atoms. The smallest absolute Gasteiger partial charge is 0.326 e. The summed E-state index contributed by atoms with van der Waals surface area (Å²) in [6.45, 7) is 0. The maximum Gasteiger partial charge on any atom is 0.326 e. The summed E-state index contributed by atoms with van der Waals surface area (Å²) in [4.78, 5) is 33.2. The fourth-order valence-electron chi connectivity index (χ4n) is 1.43. The normalized spacial score (nSPS) is 12.1. The van der Waals surface area contributed by atoms with Crippen LogP contribution in [0.1, 0.15) is 12.0 Å². The van der Waals surface area contributed by atoms with Crippen molar-refractivity contribution in [3.8, 4) is 0 Å². The summed E-state index contributed by atoms with van der Waals surface area (Å²) >= 11 is 11.7. The van der Waals surface area contributed by atoms with E-state index in [9.17, 15) is 14.4 Å². The van der Waals surface area contributed by atoms with Gasteiger partial charge in [-0.15, -0.1) is 0 Å². The summed E-state index contributed by atoms with van der Waals surface area (Å²) in [5.74, 6) is -2.87. The van der Waals surface area contributed by atoms with Crippen molar-refractivity contribution in [2.24, 2.45) is 5.73 Å². The minimum atomic E-state index is -1.38. The van der Waals surface area contributed by atoms with Gasteiger partial charge < -0.3 is 16.2 Å². The summed E-state index contributed by atoms with van der Waals surface area (Å²) in [6, 6.07) is 3.32. The number of carbonyl (C=O) groups excluding carboxylic acids is 2. The second-order valence-electron chi connectivity index (χ2n) is 4.07. The molecule has 0 spiro atoms. The number of halogens is 2. The van der Waals surface area contributed by atoms with Crippen LogP contribution in [0, 0.1) is 0 Å². The molecule has 8 heteroatoms. The van der Waals surface area contributed by atoms with Crippen molar-refractivity contribution in [1.29, 1.82) is 0 Å². The van der Waals surface area contributed by atoms with E-state index < -0.39 is 30.2 Å². The Bertz CT molecular complexity index is 602. The lowest BCUT2D eigenvalue weighted by Crippen LogP contribution is -2.42. The summed E-state index contributed by atoms with van der Waals surface area (Å²) in [7, 11) is 0. The van der Waals surface area contributed by atoms with Crippen molar-refractivity contribution in [2.45, 2.75) is 12.5 Å². The maximum atomic E-state index is 11.6. The van der Waals surface area contributed by atoms with E-state index in [1.807, 2.05) is 0 Å². The topological polar surface area (TPSA) is 109 Å². The summed E-state index contributed by atoms with van der Waals surface area (Å²) in [6.07, 6.45) is 1.98. The summed E-state index contributed by atoms with van der Waals surface area (Å²) in [5, 5.41) is 11.8. The molecule has 1 rings (SSSR count). The lowest BCUT2D eigenvalue weighted by molar-refractivity contribution is -0.142. The van der Waals surface area contributed by atoms with Gasteiger partial charge in [0.2, 0.25) is 11.8 Å². The molecule has 0 aliphatic rings. The van der Waals surface area contributed by atoms with Crippen molar-refractivity contribution in [2.75, 3.05) is 0 Å². The number of nitrogens with one attached hydrogen (secondary N) is 1. The molecule has 1 atom stereocenters. The van der Waals surface area contributed by atoms with Gasteiger partial charge in [-0.1, -0.05) is 23.2 Å². The van der Waals surface area contributed by atoms with E-state index in [0.29, 0.717) is 15.6 Å². The van der Waals surface area contributed by atoms with E-state index in [1.54, 1.807) is 18.2 Å². The molecule has 112 valence electrons. The second-order valence-corrected chi connectivity index (χ2v) is 4.91. The van der Waals surface area contributed by atoms with Gasteiger partial charge in [-0.3, -0.25) is 9.59 Å². The van der Waals surface area contributed by atoms with Gasteiger partial charge in [-0.25, -0.2) is 4.79 Å². The Morgan fingerprint density at radius 3 is 2.57 bits per heavy atom. The highest BCUT2D eigenvalue weighted by Gasteiger charge is 2.21. The minimum Gasteiger partial charge on any atom is -0.480 e. The van der Waals surface area contributed by atoms with Gasteiger partial charge in [0.1, 0.15) is 6.04 Å². The third-order valence-electron chi connectivity index (χ3n) is 2.39. The number of benzene rings is 1. The van der Waals surface area contributed by atoms with Crippen LogP contribution < -0.4 is 11.1 Å². The molecule has 4 N–H and O–H groups in total. The van der Waals surface area contributed by atoms with Gasteiger partial charge in [0, 0.05) is 16.1 Å². The highest BCUT2D eigenvalue weighted by molar-refractivity contribution is 6.34. The van der Waals surface area contributed by atoms with E-state index in [-0.39, 0.29) is 0 Å². The third kappa shape index (κ3) is 5.85. The molecule has 1 aromatic carbocycles. The van der Waals surface area contributed by atoms with Crippen LogP contribution in [0.15, 0.2) is 24.3 Å². The fourth-order valence-corrected chi connectivity index (χ4v) is 1.79. The average molecular weight is 331 g/mol. The zero-order valence-corrected chi connectivity index (χ0v) is 12.2. The van der Waals surface area contributed by atoms with Crippen LogP contribution in [0.2, 0.25) is 10.0 Å². The molecule has 2 amide bonds. The lowest BCUT2D eigenvalue weighted by Gasteiger charge is -2.10. The van der Waals surface area contributed by atoms with Crippen LogP contribution in [0.25, 0.3) is 6.08 Å². The van der Waals surface area contributed by atoms with Crippen LogP contribution >= 0.6 is 23.2 Å². The predicted molar refractivity (Wildman–Crippen MR) is 78.9 cm³/mol. The lowest BCUT2D eigenvalue weighted by atomic mass is 10.2. The number of rotatable bonds is 6. The molecular formula is C13H12Cl2N2O4. The van der Waals surface area contributed by atoms with E-state index >= 15 is 0 Å². The standard InChI is InChI=1S/C13H12Cl2N2O4/c14-8-2-3-9(15)7(5-8)1-4-12(19)17-10(13(20)21)6-11(16)18/h1-5,10H,6H2,(H2,16,18)(H,17,19)(H,20,21)/b4-1+. The van der Waals surface area contributed by atoms with Crippen molar-refractivity contribution in [3.63, 3.8) is 0 Å². The number of nitrogens with two attached hydrogens (primary N) is 1. The van der Waals surface area contributed by atoms with E-state index in [2.05, 4.69) is 5.32 Å². The van der Waals surface area contributed by atoms with Gasteiger partial charge in [0.15, 0.2) is 0 Å². The fraction of sp³-hybridized carbons (Fsp3) is 0.154. The Kier molecular flexibility index (Phi) is 6.20. The Balaban J connectivity index is 2.75. The Morgan fingerprint density at radius 2 is 2.00 bits per heavy atom. The molecule has 0 saturated heterocycles. The molecule has 0 aromatic heterocycles. The molecule has 6 nitrogen and oxygen atoms in total. The first kappa shape index (κ1) is 17.0. The number of hydrogen-bond acceptors (Lipinski definition) is 3. The largest absolute Gasteiger partial charge is 0.480 e. The van der Waals surface area contributed by atoms with E-state index in [0.717, 1.165) is 6.08 Å². The Morgan fingerprint density at radius 1 is 1.33 bits per heavy atom. The van der Waals surface area contributed by atoms with Crippen molar-refractivity contribution >= 4 is 47.1 Å². The predicted octanol–water partition coefficient (Wildman–Crippen LogP) is 1.45. The van der Waals surface area contributed by atoms with Crippen molar-refractivity contribution < 1.29 is 19.5 Å². The molecule has 0 saturated carbocycles. The molecular weight excluding hydrogens is 319 g/mol. The highest BCUT2D eigenvalue weighted by atomic mass is 35.5.